The molecule has 1 spiro atoms. The van der Waals surface area contributed by atoms with Gasteiger partial charge in [0.25, 0.3) is 15.9 Å². The lowest BCUT2D eigenvalue weighted by atomic mass is 9.72. The molecule has 2 aromatic carbocycles. The Hall–Kier alpha value is -5.35. The van der Waals surface area contributed by atoms with Crippen molar-refractivity contribution in [2.75, 3.05) is 44.2 Å². The number of ether oxygens (including phenoxy) is 2. The van der Waals surface area contributed by atoms with Crippen molar-refractivity contribution in [3.05, 3.63) is 111 Å². The highest BCUT2D eigenvalue weighted by Gasteiger charge is 2.57. The van der Waals surface area contributed by atoms with Crippen LogP contribution >= 0.6 is 23.2 Å². The number of nitrogens with zero attached hydrogens (tertiary/aromatic N) is 5. The maximum Gasteiger partial charge on any atom is 0.434 e. The van der Waals surface area contributed by atoms with Crippen LogP contribution in [0.2, 0.25) is 10.0 Å². The number of nitrogens with one attached hydrogen (secondary N) is 2. The number of sulfonamides is 1. The first-order chi connectivity index (χ1) is 31.1. The number of hydrogen-bond acceptors (Lipinski definition) is 11. The normalized spacial score (nSPS) is 21.6. The number of amides is 2. The minimum Gasteiger partial charge on any atom is -0.476 e. The molecule has 0 atom stereocenters. The van der Waals surface area contributed by atoms with Gasteiger partial charge in [0.05, 0.1) is 35.7 Å². The van der Waals surface area contributed by atoms with E-state index in [1.807, 2.05) is 24.3 Å². The maximum absolute atomic E-state index is 13.9. The minimum absolute atomic E-state index is 0.00218. The molecule has 4 aliphatic rings. The SMILES string of the molecule is CC1(C)CCC(CN2CCN(c3ccc(C(=O)NS(=O)(=O)c4cnc(OCC5CCC6(CCC(=O)[N+]6=O)CC5)c(Cl)c4)c(Oc4cnc5[nH]ccc5c4)c3)CC2)=C(c2ccc(Cl)cc2)C1. The number of allylic oxidation sites excluding steroid dienone is 1. The molecule has 5 heterocycles. The summed E-state index contributed by atoms with van der Waals surface area (Å²) in [6, 6.07) is 18.2. The molecule has 14 nitrogen and oxygen atoms in total. The van der Waals surface area contributed by atoms with E-state index in [9.17, 15) is 22.9 Å². The van der Waals surface area contributed by atoms with E-state index in [2.05, 4.69) is 55.5 Å². The maximum atomic E-state index is 13.9. The van der Waals surface area contributed by atoms with Gasteiger partial charge in [-0.15, -0.1) is 0 Å². The lowest BCUT2D eigenvalue weighted by Gasteiger charge is -2.39. The summed E-state index contributed by atoms with van der Waals surface area (Å²) in [7, 11) is -4.46. The van der Waals surface area contributed by atoms with Crippen LogP contribution in [0.1, 0.15) is 87.6 Å². The Labute approximate surface area is 388 Å². The monoisotopic (exact) mass is 940 g/mol. The molecule has 1 saturated carbocycles. The Morgan fingerprint density at radius 1 is 0.938 bits per heavy atom. The molecule has 2 saturated heterocycles. The van der Waals surface area contributed by atoms with Gasteiger partial charge in [0, 0.05) is 85.3 Å². The van der Waals surface area contributed by atoms with E-state index in [1.165, 1.54) is 22.8 Å². The highest BCUT2D eigenvalue weighted by Crippen LogP contribution is 2.44. The number of pyridine rings is 2. The van der Waals surface area contributed by atoms with Crippen molar-refractivity contribution < 1.29 is 32.2 Å². The molecule has 340 valence electrons. The average Bonchev–Trinajstić information content (AvgIpc) is 3.87. The first-order valence-electron chi connectivity index (χ1n) is 22.2. The van der Waals surface area contributed by atoms with E-state index in [0.717, 1.165) is 74.3 Å². The first-order valence-corrected chi connectivity index (χ1v) is 24.4. The molecule has 0 unspecified atom stereocenters. The fourth-order valence-electron chi connectivity index (χ4n) is 9.72. The van der Waals surface area contributed by atoms with Crippen LogP contribution < -0.4 is 19.1 Å². The summed E-state index contributed by atoms with van der Waals surface area (Å²) in [5.41, 5.74) is 5.25. The second-order valence-corrected chi connectivity index (χ2v) is 21.1. The van der Waals surface area contributed by atoms with Gasteiger partial charge in [-0.25, -0.2) is 27.9 Å². The van der Waals surface area contributed by atoms with Crippen molar-refractivity contribution in [2.45, 2.75) is 82.1 Å². The molecule has 9 rings (SSSR count). The van der Waals surface area contributed by atoms with Gasteiger partial charge in [0.2, 0.25) is 11.4 Å². The van der Waals surface area contributed by atoms with Gasteiger partial charge in [0.15, 0.2) is 0 Å². The second-order valence-electron chi connectivity index (χ2n) is 18.6. The predicted octanol–water partition coefficient (Wildman–Crippen LogP) is 9.37. The highest BCUT2D eigenvalue weighted by atomic mass is 35.5. The number of carbonyl (C=O) groups excluding carboxylic acids is 2. The number of aromatic amines is 1. The lowest BCUT2D eigenvalue weighted by Crippen LogP contribution is -2.47. The first kappa shape index (κ1) is 44.8. The number of carbonyl (C=O) groups is 2. The number of aromatic nitrogens is 3. The van der Waals surface area contributed by atoms with Gasteiger partial charge >= 0.3 is 5.91 Å². The van der Waals surface area contributed by atoms with Crippen molar-refractivity contribution in [2.24, 2.45) is 11.3 Å². The summed E-state index contributed by atoms with van der Waals surface area (Å²) >= 11 is 12.7. The number of anilines is 1. The third kappa shape index (κ3) is 9.79. The molecule has 17 heteroatoms. The molecule has 2 aliphatic heterocycles. The van der Waals surface area contributed by atoms with Crippen LogP contribution in [0.15, 0.2) is 89.7 Å². The van der Waals surface area contributed by atoms with Crippen LogP contribution in [0.5, 0.6) is 17.4 Å². The molecular weight excluding hydrogens is 890 g/mol. The zero-order valence-electron chi connectivity index (χ0n) is 36.4. The Balaban J connectivity index is 0.879. The highest BCUT2D eigenvalue weighted by molar-refractivity contribution is 7.90. The molecule has 2 amide bonds. The summed E-state index contributed by atoms with van der Waals surface area (Å²) in [6.07, 6.45) is 11.1. The van der Waals surface area contributed by atoms with Crippen LogP contribution in [-0.4, -0.2) is 89.7 Å². The van der Waals surface area contributed by atoms with Gasteiger partial charge in [-0.1, -0.05) is 54.8 Å². The van der Waals surface area contributed by atoms with Crippen LogP contribution in [0.3, 0.4) is 0 Å². The molecular formula is C48H52Cl2N7O7S+. The van der Waals surface area contributed by atoms with Gasteiger partial charge in [-0.05, 0) is 97.0 Å². The van der Waals surface area contributed by atoms with Gasteiger partial charge in [-0.3, -0.25) is 9.69 Å². The zero-order valence-corrected chi connectivity index (χ0v) is 38.8. The fourth-order valence-corrected chi connectivity index (χ4v) is 11.1. The van der Waals surface area contributed by atoms with E-state index in [-0.39, 0.29) is 57.4 Å². The Bertz CT molecular complexity index is 2800. The number of halogens is 2. The molecule has 2 aliphatic carbocycles. The number of rotatable bonds is 12. The molecule has 3 fully saturated rings. The Kier molecular flexibility index (Phi) is 12.5. The number of piperazine rings is 1. The quantitative estimate of drug-likeness (QED) is 0.114. The van der Waals surface area contributed by atoms with Crippen molar-refractivity contribution in [1.29, 1.82) is 0 Å². The minimum atomic E-state index is -4.46. The Morgan fingerprint density at radius 3 is 2.43 bits per heavy atom. The van der Waals surface area contributed by atoms with E-state index in [4.69, 9.17) is 32.7 Å². The van der Waals surface area contributed by atoms with Crippen LogP contribution in [0, 0.1) is 16.2 Å². The number of hydrogen-bond donors (Lipinski definition) is 2. The number of nitroso groups, excluding NO2 is 1. The molecule has 0 radical (unpaired) electrons. The smallest absolute Gasteiger partial charge is 0.434 e. The van der Waals surface area contributed by atoms with E-state index < -0.39 is 21.5 Å². The van der Waals surface area contributed by atoms with Crippen molar-refractivity contribution in [1.82, 2.24) is 24.6 Å². The van der Waals surface area contributed by atoms with Crippen molar-refractivity contribution in [3.8, 4) is 17.4 Å². The van der Waals surface area contributed by atoms with E-state index >= 15 is 0 Å². The van der Waals surface area contributed by atoms with E-state index in [0.29, 0.717) is 48.3 Å². The van der Waals surface area contributed by atoms with Gasteiger partial charge < -0.3 is 19.4 Å². The zero-order chi connectivity index (χ0) is 45.5. The number of fused-ring (bicyclic) bond motifs is 1. The van der Waals surface area contributed by atoms with Gasteiger partial charge in [0.1, 0.15) is 27.1 Å². The summed E-state index contributed by atoms with van der Waals surface area (Å²) in [5, 5.41) is 1.50. The summed E-state index contributed by atoms with van der Waals surface area (Å²) < 4.78 is 42.4. The van der Waals surface area contributed by atoms with Crippen LogP contribution in [0.25, 0.3) is 16.6 Å². The summed E-state index contributed by atoms with van der Waals surface area (Å²) in [4.78, 5) is 54.3. The Morgan fingerprint density at radius 2 is 1.71 bits per heavy atom. The molecule has 0 bridgehead atoms. The average molecular weight is 942 g/mol. The second kappa shape index (κ2) is 18.1. The molecule has 5 aromatic rings. The summed E-state index contributed by atoms with van der Waals surface area (Å²) in [6.45, 7) is 8.97. The third-order valence-corrected chi connectivity index (χ3v) is 15.4. The number of benzene rings is 2. The largest absolute Gasteiger partial charge is 0.476 e. The lowest BCUT2D eigenvalue weighted by molar-refractivity contribution is -0.543. The predicted molar refractivity (Wildman–Crippen MR) is 249 cm³/mol. The van der Waals surface area contributed by atoms with Crippen LogP contribution in [0.4, 0.5) is 5.69 Å². The van der Waals surface area contributed by atoms with Crippen molar-refractivity contribution in [3.63, 3.8) is 0 Å². The third-order valence-electron chi connectivity index (χ3n) is 13.6. The number of H-pyrrole nitrogens is 1. The molecule has 65 heavy (non-hydrogen) atoms. The topological polar surface area (TPSA) is 167 Å². The molecule has 2 N–H and O–H groups in total. The fraction of sp³-hybridized carbons (Fsp3) is 0.417. The summed E-state index contributed by atoms with van der Waals surface area (Å²) in [5.74, 6) is -0.554. The van der Waals surface area contributed by atoms with Gasteiger partial charge in [-0.2, -0.15) is 0 Å². The molecule has 3 aromatic heterocycles. The van der Waals surface area contributed by atoms with Crippen LogP contribution in [-0.2, 0) is 14.8 Å². The standard InChI is InChI=1S/C48H51Cl2N7O7S/c1-47(2)14-11-34(40(26-47)32-3-5-35(49)6-4-32)29-55-19-21-56(22-20-55)36-7-8-39(42(24-36)64-37-23-33-13-18-51-44(33)52-27-37)45(59)54-65(61,62)38-25-41(50)46(53-28-38)63-30-31-9-15-48(16-10-31)17-12-43(58)57(48)60/h3-8,13,18,23-25,27-28,31H,9-12,14-17,19-22,26,29-30H2,1-2H3,(H-,51,52,54,59)/p+1. The van der Waals surface area contributed by atoms with Crippen molar-refractivity contribution >= 4 is 67.3 Å². The van der Waals surface area contributed by atoms with E-state index in [1.54, 1.807) is 30.6 Å².